The highest BCUT2D eigenvalue weighted by Crippen LogP contribution is 2.35. The molecule has 0 amide bonds. The SMILES string of the molecule is CCC1CCC(C#N)C(N2CCCC(C)CC2)C1. The minimum absolute atomic E-state index is 0.293. The molecule has 2 rings (SSSR count). The summed E-state index contributed by atoms with van der Waals surface area (Å²) >= 11 is 0. The van der Waals surface area contributed by atoms with Gasteiger partial charge in [-0.2, -0.15) is 5.26 Å². The van der Waals surface area contributed by atoms with Gasteiger partial charge < -0.3 is 0 Å². The Balaban J connectivity index is 2.00. The Labute approximate surface area is 112 Å². The van der Waals surface area contributed by atoms with Crippen molar-refractivity contribution >= 4 is 0 Å². The molecule has 0 bridgehead atoms. The highest BCUT2D eigenvalue weighted by molar-refractivity contribution is 4.97. The summed E-state index contributed by atoms with van der Waals surface area (Å²) in [5.41, 5.74) is 0. The summed E-state index contributed by atoms with van der Waals surface area (Å²) in [4.78, 5) is 2.65. The summed E-state index contributed by atoms with van der Waals surface area (Å²) in [6.45, 7) is 7.13. The van der Waals surface area contributed by atoms with E-state index in [9.17, 15) is 5.26 Å². The summed E-state index contributed by atoms with van der Waals surface area (Å²) < 4.78 is 0. The van der Waals surface area contributed by atoms with Gasteiger partial charge in [0.1, 0.15) is 0 Å². The van der Waals surface area contributed by atoms with Crippen LogP contribution in [0, 0.1) is 29.1 Å². The van der Waals surface area contributed by atoms with E-state index >= 15 is 0 Å². The monoisotopic (exact) mass is 248 g/mol. The molecule has 102 valence electrons. The van der Waals surface area contributed by atoms with E-state index in [1.807, 2.05) is 0 Å². The molecule has 0 aromatic carbocycles. The van der Waals surface area contributed by atoms with Gasteiger partial charge in [-0.25, -0.2) is 0 Å². The van der Waals surface area contributed by atoms with E-state index in [1.54, 1.807) is 0 Å². The van der Waals surface area contributed by atoms with Crippen molar-refractivity contribution in [3.05, 3.63) is 0 Å². The molecular weight excluding hydrogens is 220 g/mol. The molecule has 18 heavy (non-hydrogen) atoms. The second kappa shape index (κ2) is 6.57. The van der Waals surface area contributed by atoms with Gasteiger partial charge in [0.15, 0.2) is 0 Å². The van der Waals surface area contributed by atoms with Gasteiger partial charge in [-0.05, 0) is 63.5 Å². The topological polar surface area (TPSA) is 27.0 Å². The van der Waals surface area contributed by atoms with Crippen molar-refractivity contribution in [3.8, 4) is 6.07 Å². The zero-order valence-corrected chi connectivity index (χ0v) is 12.1. The van der Waals surface area contributed by atoms with E-state index in [2.05, 4.69) is 24.8 Å². The molecule has 2 fully saturated rings. The minimum atomic E-state index is 0.293. The van der Waals surface area contributed by atoms with Crippen LogP contribution in [0.1, 0.15) is 58.8 Å². The first-order chi connectivity index (χ1) is 8.74. The van der Waals surface area contributed by atoms with Gasteiger partial charge in [0.25, 0.3) is 0 Å². The molecule has 0 aromatic heterocycles. The van der Waals surface area contributed by atoms with Gasteiger partial charge in [-0.3, -0.25) is 4.90 Å². The average molecular weight is 248 g/mol. The van der Waals surface area contributed by atoms with E-state index in [0.717, 1.165) is 18.3 Å². The van der Waals surface area contributed by atoms with Crippen molar-refractivity contribution in [2.24, 2.45) is 17.8 Å². The fourth-order valence-corrected chi connectivity index (χ4v) is 3.77. The van der Waals surface area contributed by atoms with E-state index in [4.69, 9.17) is 0 Å². The van der Waals surface area contributed by atoms with E-state index < -0.39 is 0 Å². The zero-order chi connectivity index (χ0) is 13.0. The summed E-state index contributed by atoms with van der Waals surface area (Å²) in [5, 5.41) is 9.40. The normalized spacial score (nSPS) is 38.9. The lowest BCUT2D eigenvalue weighted by Crippen LogP contribution is -2.44. The molecular formula is C16H28N2. The van der Waals surface area contributed by atoms with Gasteiger partial charge in [0.2, 0.25) is 0 Å². The molecule has 0 N–H and O–H groups in total. The molecule has 1 saturated heterocycles. The number of rotatable bonds is 2. The minimum Gasteiger partial charge on any atom is -0.299 e. The van der Waals surface area contributed by atoms with E-state index in [0.29, 0.717) is 12.0 Å². The Morgan fingerprint density at radius 1 is 1.17 bits per heavy atom. The molecule has 4 unspecified atom stereocenters. The summed E-state index contributed by atoms with van der Waals surface area (Å²) in [5.74, 6) is 2.03. The Morgan fingerprint density at radius 3 is 2.72 bits per heavy atom. The second-order valence-corrected chi connectivity index (χ2v) is 6.46. The molecule has 0 radical (unpaired) electrons. The van der Waals surface area contributed by atoms with E-state index in [1.165, 1.54) is 51.6 Å². The van der Waals surface area contributed by atoms with Crippen LogP contribution < -0.4 is 0 Å². The number of nitriles is 1. The summed E-state index contributed by atoms with van der Waals surface area (Å²) in [6, 6.07) is 3.14. The van der Waals surface area contributed by atoms with Gasteiger partial charge in [-0.1, -0.05) is 20.3 Å². The Hall–Kier alpha value is -0.550. The van der Waals surface area contributed by atoms with Crippen LogP contribution >= 0.6 is 0 Å². The van der Waals surface area contributed by atoms with Crippen molar-refractivity contribution in [2.45, 2.75) is 64.8 Å². The largest absolute Gasteiger partial charge is 0.299 e. The van der Waals surface area contributed by atoms with Crippen LogP contribution in [0.15, 0.2) is 0 Å². The zero-order valence-electron chi connectivity index (χ0n) is 12.1. The highest BCUT2D eigenvalue weighted by atomic mass is 15.2. The molecule has 1 aliphatic carbocycles. The van der Waals surface area contributed by atoms with Crippen molar-refractivity contribution in [1.82, 2.24) is 4.90 Å². The van der Waals surface area contributed by atoms with Crippen LogP contribution in [-0.4, -0.2) is 24.0 Å². The molecule has 4 atom stereocenters. The van der Waals surface area contributed by atoms with Gasteiger partial charge in [0.05, 0.1) is 12.0 Å². The van der Waals surface area contributed by atoms with Crippen molar-refractivity contribution in [3.63, 3.8) is 0 Å². The molecule has 2 heteroatoms. The number of hydrogen-bond acceptors (Lipinski definition) is 2. The van der Waals surface area contributed by atoms with Crippen LogP contribution in [-0.2, 0) is 0 Å². The lowest BCUT2D eigenvalue weighted by atomic mass is 9.77. The van der Waals surface area contributed by atoms with Crippen molar-refractivity contribution < 1.29 is 0 Å². The van der Waals surface area contributed by atoms with Crippen LogP contribution in [0.5, 0.6) is 0 Å². The Kier molecular flexibility index (Phi) is 5.06. The van der Waals surface area contributed by atoms with Crippen molar-refractivity contribution in [2.75, 3.05) is 13.1 Å². The maximum absolute atomic E-state index is 9.40. The van der Waals surface area contributed by atoms with Crippen LogP contribution in [0.2, 0.25) is 0 Å². The van der Waals surface area contributed by atoms with E-state index in [-0.39, 0.29) is 0 Å². The standard InChI is InChI=1S/C16H28N2/c1-3-14-6-7-15(12-17)16(11-14)18-9-4-5-13(2)8-10-18/h13-16H,3-11H2,1-2H3. The average Bonchev–Trinajstić information content (AvgIpc) is 2.62. The third kappa shape index (κ3) is 3.26. The molecule has 1 heterocycles. The number of likely N-dealkylation sites (tertiary alicyclic amines) is 1. The first kappa shape index (κ1) is 13.9. The lowest BCUT2D eigenvalue weighted by Gasteiger charge is -2.39. The van der Waals surface area contributed by atoms with Crippen molar-refractivity contribution in [1.29, 1.82) is 5.26 Å². The summed E-state index contributed by atoms with van der Waals surface area (Å²) in [7, 11) is 0. The fraction of sp³-hybridized carbons (Fsp3) is 0.938. The maximum atomic E-state index is 9.40. The predicted octanol–water partition coefficient (Wildman–Crippen LogP) is 3.83. The van der Waals surface area contributed by atoms with Crippen LogP contribution in [0.25, 0.3) is 0 Å². The molecule has 1 saturated carbocycles. The maximum Gasteiger partial charge on any atom is 0.0672 e. The first-order valence-electron chi connectivity index (χ1n) is 7.88. The summed E-state index contributed by atoms with van der Waals surface area (Å²) in [6.07, 6.45) is 8.99. The van der Waals surface area contributed by atoms with Gasteiger partial charge >= 0.3 is 0 Å². The first-order valence-corrected chi connectivity index (χ1v) is 7.88. The quantitative estimate of drug-likeness (QED) is 0.742. The second-order valence-electron chi connectivity index (χ2n) is 6.46. The Bertz CT molecular complexity index is 294. The molecule has 0 spiro atoms. The lowest BCUT2D eigenvalue weighted by molar-refractivity contribution is 0.102. The van der Waals surface area contributed by atoms with Crippen LogP contribution in [0.3, 0.4) is 0 Å². The Morgan fingerprint density at radius 2 is 2.00 bits per heavy atom. The van der Waals surface area contributed by atoms with Gasteiger partial charge in [0, 0.05) is 6.04 Å². The number of nitrogens with zero attached hydrogens (tertiary/aromatic N) is 2. The highest BCUT2D eigenvalue weighted by Gasteiger charge is 2.34. The molecule has 2 nitrogen and oxygen atoms in total. The third-order valence-electron chi connectivity index (χ3n) is 5.19. The fourth-order valence-electron chi connectivity index (χ4n) is 3.77. The van der Waals surface area contributed by atoms with Crippen LogP contribution in [0.4, 0.5) is 0 Å². The molecule has 2 aliphatic rings. The third-order valence-corrected chi connectivity index (χ3v) is 5.19. The number of hydrogen-bond donors (Lipinski definition) is 0. The van der Waals surface area contributed by atoms with Gasteiger partial charge in [-0.15, -0.1) is 0 Å². The smallest absolute Gasteiger partial charge is 0.0672 e. The predicted molar refractivity (Wildman–Crippen MR) is 75.1 cm³/mol. The molecule has 0 aromatic rings. The molecule has 1 aliphatic heterocycles.